The van der Waals surface area contributed by atoms with Crippen LogP contribution in [0.15, 0.2) is 35.9 Å². The van der Waals surface area contributed by atoms with Crippen LogP contribution in [0.3, 0.4) is 0 Å². The minimum atomic E-state index is -0.488. The lowest BCUT2D eigenvalue weighted by Crippen LogP contribution is -2.51. The molecule has 0 spiro atoms. The molecule has 1 aromatic heterocycles. The maximum Gasteiger partial charge on any atom is 0.263 e. The molecular formula is C21H22N4O3S. The van der Waals surface area contributed by atoms with E-state index in [1.165, 1.54) is 5.69 Å². The van der Waals surface area contributed by atoms with Gasteiger partial charge in [0, 0.05) is 35.9 Å². The number of amides is 2. The first kappa shape index (κ1) is 19.4. The Kier molecular flexibility index (Phi) is 5.21. The van der Waals surface area contributed by atoms with Gasteiger partial charge in [0.05, 0.1) is 13.2 Å². The largest absolute Gasteiger partial charge is 0.378 e. The molecule has 0 aliphatic carbocycles. The second kappa shape index (κ2) is 7.81. The van der Waals surface area contributed by atoms with Crippen molar-refractivity contribution in [2.75, 3.05) is 31.2 Å². The number of benzene rings is 1. The number of hydrogen-bond acceptors (Lipinski definition) is 5. The van der Waals surface area contributed by atoms with Crippen molar-refractivity contribution in [2.24, 2.45) is 0 Å². The Balaban J connectivity index is 1.64. The Morgan fingerprint density at radius 2 is 1.59 bits per heavy atom. The van der Waals surface area contributed by atoms with Crippen LogP contribution in [0.2, 0.25) is 0 Å². The number of anilines is 1. The minimum absolute atomic E-state index is 0.0305. The van der Waals surface area contributed by atoms with E-state index in [1.54, 1.807) is 6.08 Å². The van der Waals surface area contributed by atoms with Crippen LogP contribution in [0, 0.1) is 13.8 Å². The molecule has 0 atom stereocenters. The third kappa shape index (κ3) is 3.81. The number of thiocarbonyl (C=S) groups is 1. The van der Waals surface area contributed by atoms with Crippen molar-refractivity contribution >= 4 is 40.9 Å². The zero-order chi connectivity index (χ0) is 20.5. The lowest BCUT2D eigenvalue weighted by atomic mass is 10.1. The van der Waals surface area contributed by atoms with E-state index in [1.807, 2.05) is 19.9 Å². The van der Waals surface area contributed by atoms with Gasteiger partial charge in [-0.05, 0) is 68.0 Å². The number of hydrogen-bond donors (Lipinski definition) is 2. The molecule has 0 saturated carbocycles. The van der Waals surface area contributed by atoms with Gasteiger partial charge in [-0.1, -0.05) is 0 Å². The Bertz CT molecular complexity index is 995. The van der Waals surface area contributed by atoms with Crippen LogP contribution in [0.4, 0.5) is 5.69 Å². The zero-order valence-corrected chi connectivity index (χ0v) is 17.1. The van der Waals surface area contributed by atoms with Crippen LogP contribution in [0.5, 0.6) is 0 Å². The van der Waals surface area contributed by atoms with E-state index >= 15 is 0 Å². The zero-order valence-electron chi connectivity index (χ0n) is 16.3. The summed E-state index contributed by atoms with van der Waals surface area (Å²) in [7, 11) is 0. The van der Waals surface area contributed by atoms with E-state index in [4.69, 9.17) is 17.0 Å². The van der Waals surface area contributed by atoms with Gasteiger partial charge < -0.3 is 14.2 Å². The van der Waals surface area contributed by atoms with E-state index in [9.17, 15) is 9.59 Å². The minimum Gasteiger partial charge on any atom is -0.378 e. The van der Waals surface area contributed by atoms with Gasteiger partial charge in [0.1, 0.15) is 5.57 Å². The summed E-state index contributed by atoms with van der Waals surface area (Å²) < 4.78 is 7.53. The summed E-state index contributed by atoms with van der Waals surface area (Å²) in [6.45, 7) is 7.26. The number of ether oxygens (including phenoxy) is 1. The van der Waals surface area contributed by atoms with E-state index in [-0.39, 0.29) is 10.7 Å². The highest BCUT2D eigenvalue weighted by molar-refractivity contribution is 7.80. The quantitative estimate of drug-likeness (QED) is 0.459. The highest BCUT2D eigenvalue weighted by atomic mass is 32.1. The molecule has 1 aromatic carbocycles. The van der Waals surface area contributed by atoms with Crippen LogP contribution < -0.4 is 15.5 Å². The van der Waals surface area contributed by atoms with Crippen molar-refractivity contribution in [3.63, 3.8) is 0 Å². The number of morpholine rings is 1. The number of rotatable bonds is 3. The Morgan fingerprint density at radius 3 is 2.21 bits per heavy atom. The predicted molar refractivity (Wildman–Crippen MR) is 115 cm³/mol. The maximum absolute atomic E-state index is 12.1. The van der Waals surface area contributed by atoms with Crippen molar-refractivity contribution in [2.45, 2.75) is 13.8 Å². The van der Waals surface area contributed by atoms with Gasteiger partial charge in [0.15, 0.2) is 5.11 Å². The molecule has 2 aliphatic heterocycles. The summed E-state index contributed by atoms with van der Waals surface area (Å²) in [5.41, 5.74) is 5.02. The normalized spacial score (nSPS) is 17.2. The molecule has 0 radical (unpaired) electrons. The number of nitrogens with one attached hydrogen (secondary N) is 2. The smallest absolute Gasteiger partial charge is 0.263 e. The number of carbonyl (C=O) groups excluding carboxylic acids is 2. The molecule has 7 nitrogen and oxygen atoms in total. The van der Waals surface area contributed by atoms with Crippen LogP contribution in [-0.4, -0.2) is 47.8 Å². The summed E-state index contributed by atoms with van der Waals surface area (Å²) in [6.07, 6.45) is 1.60. The van der Waals surface area contributed by atoms with Crippen molar-refractivity contribution in [3.05, 3.63) is 52.9 Å². The van der Waals surface area contributed by atoms with Crippen molar-refractivity contribution in [3.8, 4) is 5.69 Å². The highest BCUT2D eigenvalue weighted by Crippen LogP contribution is 2.25. The monoisotopic (exact) mass is 410 g/mol. The third-order valence-electron chi connectivity index (χ3n) is 5.20. The fraction of sp³-hybridized carbons (Fsp3) is 0.286. The van der Waals surface area contributed by atoms with Gasteiger partial charge in [-0.25, -0.2) is 0 Å². The van der Waals surface area contributed by atoms with E-state index in [0.717, 1.165) is 48.9 Å². The predicted octanol–water partition coefficient (Wildman–Crippen LogP) is 1.85. The first-order valence-corrected chi connectivity index (χ1v) is 9.85. The van der Waals surface area contributed by atoms with Crippen LogP contribution >= 0.6 is 12.2 Å². The second-order valence-electron chi connectivity index (χ2n) is 7.07. The molecule has 2 N–H and O–H groups in total. The van der Waals surface area contributed by atoms with Crippen LogP contribution in [0.1, 0.15) is 17.0 Å². The summed E-state index contributed by atoms with van der Waals surface area (Å²) in [6, 6.07) is 10.4. The second-order valence-corrected chi connectivity index (χ2v) is 7.48. The topological polar surface area (TPSA) is 75.6 Å². The van der Waals surface area contributed by atoms with Gasteiger partial charge in [-0.2, -0.15) is 0 Å². The summed E-state index contributed by atoms with van der Waals surface area (Å²) in [5.74, 6) is -0.975. The van der Waals surface area contributed by atoms with Crippen molar-refractivity contribution in [1.29, 1.82) is 0 Å². The Labute approximate surface area is 174 Å². The first-order valence-electron chi connectivity index (χ1n) is 9.44. The van der Waals surface area contributed by atoms with Gasteiger partial charge in [0.25, 0.3) is 11.8 Å². The van der Waals surface area contributed by atoms with Crippen molar-refractivity contribution < 1.29 is 14.3 Å². The van der Waals surface area contributed by atoms with E-state index < -0.39 is 11.8 Å². The molecule has 2 aliphatic rings. The molecule has 4 rings (SSSR count). The van der Waals surface area contributed by atoms with Crippen molar-refractivity contribution in [1.82, 2.24) is 15.2 Å². The molecule has 0 bridgehead atoms. The number of aromatic nitrogens is 1. The van der Waals surface area contributed by atoms with E-state index in [2.05, 4.69) is 44.4 Å². The number of nitrogens with zero attached hydrogens (tertiary/aromatic N) is 2. The van der Waals surface area contributed by atoms with E-state index in [0.29, 0.717) is 0 Å². The lowest BCUT2D eigenvalue weighted by molar-refractivity contribution is -0.123. The van der Waals surface area contributed by atoms with Gasteiger partial charge in [-0.3, -0.25) is 20.2 Å². The molecule has 0 unspecified atom stereocenters. The summed E-state index contributed by atoms with van der Waals surface area (Å²) in [4.78, 5) is 26.6. The molecule has 8 heteroatoms. The Hall–Kier alpha value is -2.97. The standard InChI is InChI=1S/C21H22N4O3S/c1-13-11-15(12-18-19(26)22-21(29)23-20(18)27)14(2)25(13)17-5-3-16(4-6-17)24-7-9-28-10-8-24/h3-6,11-12H,7-10H2,1-2H3,(H2,22,23,26,27,29). The van der Waals surface area contributed by atoms with Gasteiger partial charge in [0.2, 0.25) is 0 Å². The number of aryl methyl sites for hydroxylation is 1. The fourth-order valence-corrected chi connectivity index (χ4v) is 3.91. The SMILES string of the molecule is Cc1cc(C=C2C(=O)NC(=S)NC2=O)c(C)n1-c1ccc(N2CCOCC2)cc1. The maximum atomic E-state index is 12.1. The van der Waals surface area contributed by atoms with Gasteiger partial charge >= 0.3 is 0 Å². The summed E-state index contributed by atoms with van der Waals surface area (Å²) in [5, 5.41) is 4.95. The third-order valence-corrected chi connectivity index (χ3v) is 5.40. The fourth-order valence-electron chi connectivity index (χ4n) is 3.73. The van der Waals surface area contributed by atoms with Crippen LogP contribution in [0.25, 0.3) is 11.8 Å². The molecule has 150 valence electrons. The lowest BCUT2D eigenvalue weighted by Gasteiger charge is -2.29. The molecule has 3 heterocycles. The molecule has 29 heavy (non-hydrogen) atoms. The number of carbonyl (C=O) groups is 2. The molecule has 2 fully saturated rings. The summed E-state index contributed by atoms with van der Waals surface area (Å²) >= 11 is 4.84. The average molecular weight is 410 g/mol. The molecule has 2 aromatic rings. The molecule has 2 saturated heterocycles. The van der Waals surface area contributed by atoms with Crippen LogP contribution in [-0.2, 0) is 14.3 Å². The highest BCUT2D eigenvalue weighted by Gasteiger charge is 2.26. The average Bonchev–Trinajstić information content (AvgIpc) is 2.98. The molecule has 2 amide bonds. The Morgan fingerprint density at radius 1 is 1.00 bits per heavy atom. The molecular weight excluding hydrogens is 388 g/mol. The first-order chi connectivity index (χ1) is 13.9. The van der Waals surface area contributed by atoms with Gasteiger partial charge in [-0.15, -0.1) is 0 Å².